The maximum Gasteiger partial charge on any atom is 0.241 e. The Bertz CT molecular complexity index is 443. The quantitative estimate of drug-likeness (QED) is 0.763. The van der Waals surface area contributed by atoms with Crippen LogP contribution in [0.3, 0.4) is 0 Å². The van der Waals surface area contributed by atoms with Crippen molar-refractivity contribution in [1.82, 2.24) is 20.4 Å². The number of rotatable bonds is 3. The average Bonchev–Trinajstić information content (AvgIpc) is 2.65. The van der Waals surface area contributed by atoms with Crippen LogP contribution < -0.4 is 10.6 Å². The molecule has 2 N–H and O–H groups in total. The van der Waals surface area contributed by atoms with Crippen LogP contribution in [-0.4, -0.2) is 34.8 Å². The van der Waals surface area contributed by atoms with Gasteiger partial charge in [-0.05, 0) is 31.7 Å². The van der Waals surface area contributed by atoms with E-state index >= 15 is 0 Å². The molecule has 0 radical (unpaired) electrons. The molecule has 2 aliphatic rings. The lowest BCUT2D eigenvalue weighted by Crippen LogP contribution is -2.35. The molecular weight excluding hydrogens is 216 g/mol. The van der Waals surface area contributed by atoms with Crippen LogP contribution in [-0.2, 0) is 11.3 Å². The Labute approximate surface area is 101 Å². The number of nitrogens with one attached hydrogen (secondary N) is 2. The fourth-order valence-electron chi connectivity index (χ4n) is 2.83. The van der Waals surface area contributed by atoms with Gasteiger partial charge in [-0.15, -0.1) is 0 Å². The SMILES string of the molecule is Cc1cc(C)n(CC(=O)NC2C3CNCC32)n1. The highest BCUT2D eigenvalue weighted by atomic mass is 16.2. The molecule has 5 nitrogen and oxygen atoms in total. The van der Waals surface area contributed by atoms with E-state index in [1.165, 1.54) is 0 Å². The number of piperidine rings is 1. The molecule has 1 saturated carbocycles. The predicted molar refractivity (Wildman–Crippen MR) is 63.5 cm³/mol. The molecule has 2 heterocycles. The van der Waals surface area contributed by atoms with Gasteiger partial charge in [0.2, 0.25) is 5.91 Å². The number of aryl methyl sites for hydroxylation is 2. The minimum Gasteiger partial charge on any atom is -0.351 e. The molecule has 0 spiro atoms. The van der Waals surface area contributed by atoms with Gasteiger partial charge < -0.3 is 10.6 Å². The Kier molecular flexibility index (Phi) is 2.43. The number of carbonyl (C=O) groups excluding carboxylic acids is 1. The molecule has 1 aliphatic heterocycles. The molecule has 3 rings (SSSR count). The summed E-state index contributed by atoms with van der Waals surface area (Å²) >= 11 is 0. The summed E-state index contributed by atoms with van der Waals surface area (Å²) in [5, 5.41) is 10.7. The molecule has 0 bridgehead atoms. The highest BCUT2D eigenvalue weighted by molar-refractivity contribution is 5.76. The number of carbonyl (C=O) groups is 1. The number of hydrogen-bond donors (Lipinski definition) is 2. The van der Waals surface area contributed by atoms with Crippen molar-refractivity contribution in [3.8, 4) is 0 Å². The van der Waals surface area contributed by atoms with Crippen LogP contribution in [0, 0.1) is 25.7 Å². The van der Waals surface area contributed by atoms with Crippen LogP contribution in [0.2, 0.25) is 0 Å². The third kappa shape index (κ3) is 1.95. The average molecular weight is 234 g/mol. The van der Waals surface area contributed by atoms with Gasteiger partial charge in [-0.3, -0.25) is 9.48 Å². The highest BCUT2D eigenvalue weighted by Crippen LogP contribution is 2.41. The zero-order valence-corrected chi connectivity index (χ0v) is 10.2. The van der Waals surface area contributed by atoms with E-state index in [-0.39, 0.29) is 5.91 Å². The van der Waals surface area contributed by atoms with Gasteiger partial charge in [0.25, 0.3) is 0 Å². The monoisotopic (exact) mass is 234 g/mol. The molecule has 0 aromatic carbocycles. The highest BCUT2D eigenvalue weighted by Gasteiger charge is 2.53. The van der Waals surface area contributed by atoms with E-state index < -0.39 is 0 Å². The van der Waals surface area contributed by atoms with Crippen LogP contribution in [0.1, 0.15) is 11.4 Å². The first kappa shape index (κ1) is 10.8. The van der Waals surface area contributed by atoms with E-state index in [2.05, 4.69) is 15.7 Å². The van der Waals surface area contributed by atoms with Crippen molar-refractivity contribution in [1.29, 1.82) is 0 Å². The van der Waals surface area contributed by atoms with Gasteiger partial charge in [-0.25, -0.2) is 0 Å². The zero-order chi connectivity index (χ0) is 12.0. The van der Waals surface area contributed by atoms with Crippen molar-refractivity contribution in [3.05, 3.63) is 17.5 Å². The van der Waals surface area contributed by atoms with Crippen LogP contribution in [0.25, 0.3) is 0 Å². The smallest absolute Gasteiger partial charge is 0.241 e. The third-order valence-electron chi connectivity index (χ3n) is 3.82. The molecule has 1 aromatic rings. The Balaban J connectivity index is 1.55. The van der Waals surface area contributed by atoms with Crippen molar-refractivity contribution in [2.45, 2.75) is 26.4 Å². The number of amides is 1. The van der Waals surface area contributed by atoms with E-state index in [4.69, 9.17) is 0 Å². The van der Waals surface area contributed by atoms with Gasteiger partial charge in [0.05, 0.1) is 5.69 Å². The second-order valence-corrected chi connectivity index (χ2v) is 5.16. The molecule has 1 aliphatic carbocycles. The van der Waals surface area contributed by atoms with Crippen molar-refractivity contribution in [2.24, 2.45) is 11.8 Å². The Hall–Kier alpha value is -1.36. The standard InChI is InChI=1S/C12H18N4O/c1-7-3-8(2)16(15-7)6-11(17)14-12-9-4-13-5-10(9)12/h3,9-10,12-13H,4-6H2,1-2H3,(H,14,17). The van der Waals surface area contributed by atoms with E-state index in [1.807, 2.05) is 19.9 Å². The van der Waals surface area contributed by atoms with Gasteiger partial charge in [-0.2, -0.15) is 5.10 Å². The van der Waals surface area contributed by atoms with E-state index in [9.17, 15) is 4.79 Å². The zero-order valence-electron chi connectivity index (χ0n) is 10.2. The number of hydrogen-bond acceptors (Lipinski definition) is 3. The molecule has 17 heavy (non-hydrogen) atoms. The molecule has 92 valence electrons. The first-order valence-corrected chi connectivity index (χ1v) is 6.16. The Morgan fingerprint density at radius 2 is 2.24 bits per heavy atom. The van der Waals surface area contributed by atoms with Gasteiger partial charge in [0.1, 0.15) is 6.54 Å². The van der Waals surface area contributed by atoms with Gasteiger partial charge >= 0.3 is 0 Å². The lowest BCUT2D eigenvalue weighted by Gasteiger charge is -2.08. The van der Waals surface area contributed by atoms with Crippen LogP contribution in [0.15, 0.2) is 6.07 Å². The summed E-state index contributed by atoms with van der Waals surface area (Å²) in [5.41, 5.74) is 2.00. The summed E-state index contributed by atoms with van der Waals surface area (Å²) in [6.07, 6.45) is 0. The summed E-state index contributed by atoms with van der Waals surface area (Å²) in [7, 11) is 0. The summed E-state index contributed by atoms with van der Waals surface area (Å²) in [6, 6.07) is 2.39. The van der Waals surface area contributed by atoms with Crippen molar-refractivity contribution in [3.63, 3.8) is 0 Å². The van der Waals surface area contributed by atoms with Crippen LogP contribution >= 0.6 is 0 Å². The van der Waals surface area contributed by atoms with E-state index in [0.717, 1.165) is 24.5 Å². The molecule has 2 atom stereocenters. The van der Waals surface area contributed by atoms with Crippen molar-refractivity contribution < 1.29 is 4.79 Å². The van der Waals surface area contributed by atoms with Crippen LogP contribution in [0.5, 0.6) is 0 Å². The van der Waals surface area contributed by atoms with E-state index in [0.29, 0.717) is 24.4 Å². The lowest BCUT2D eigenvalue weighted by atomic mass is 10.4. The minimum absolute atomic E-state index is 0.0793. The predicted octanol–water partition coefficient (Wildman–Crippen LogP) is -0.166. The fourth-order valence-corrected chi connectivity index (χ4v) is 2.83. The summed E-state index contributed by atoms with van der Waals surface area (Å²) in [6.45, 7) is 6.36. The maximum absolute atomic E-state index is 11.9. The molecule has 2 fully saturated rings. The summed E-state index contributed by atoms with van der Waals surface area (Å²) in [5.74, 6) is 1.41. The van der Waals surface area contributed by atoms with Crippen LogP contribution in [0.4, 0.5) is 0 Å². The van der Waals surface area contributed by atoms with Crippen molar-refractivity contribution >= 4 is 5.91 Å². The van der Waals surface area contributed by atoms with Crippen molar-refractivity contribution in [2.75, 3.05) is 13.1 Å². The number of fused-ring (bicyclic) bond motifs is 1. The first-order valence-electron chi connectivity index (χ1n) is 6.16. The lowest BCUT2D eigenvalue weighted by molar-refractivity contribution is -0.122. The Morgan fingerprint density at radius 3 is 2.82 bits per heavy atom. The molecule has 1 aromatic heterocycles. The summed E-state index contributed by atoms with van der Waals surface area (Å²) in [4.78, 5) is 11.9. The molecule has 5 heteroatoms. The molecule has 1 amide bonds. The molecule has 1 saturated heterocycles. The van der Waals surface area contributed by atoms with Gasteiger partial charge in [0.15, 0.2) is 0 Å². The Morgan fingerprint density at radius 1 is 1.53 bits per heavy atom. The number of nitrogens with zero attached hydrogens (tertiary/aromatic N) is 2. The largest absolute Gasteiger partial charge is 0.351 e. The molecule has 2 unspecified atom stereocenters. The van der Waals surface area contributed by atoms with Gasteiger partial charge in [0, 0.05) is 24.8 Å². The topological polar surface area (TPSA) is 59.0 Å². The second-order valence-electron chi connectivity index (χ2n) is 5.16. The normalized spacial score (nSPS) is 30.1. The maximum atomic E-state index is 11.9. The first-order chi connectivity index (χ1) is 8.15. The summed E-state index contributed by atoms with van der Waals surface area (Å²) < 4.78 is 1.76. The van der Waals surface area contributed by atoms with Gasteiger partial charge in [-0.1, -0.05) is 0 Å². The molecular formula is C12H18N4O. The minimum atomic E-state index is 0.0793. The third-order valence-corrected chi connectivity index (χ3v) is 3.82. The number of aromatic nitrogens is 2. The van der Waals surface area contributed by atoms with E-state index in [1.54, 1.807) is 4.68 Å². The fraction of sp³-hybridized carbons (Fsp3) is 0.667. The second kappa shape index (κ2) is 3.84.